The first-order chi connectivity index (χ1) is 8.92. The van der Waals surface area contributed by atoms with E-state index in [2.05, 4.69) is 4.98 Å². The highest BCUT2D eigenvalue weighted by molar-refractivity contribution is 7.09. The summed E-state index contributed by atoms with van der Waals surface area (Å²) in [5.41, 5.74) is 8.80. The van der Waals surface area contributed by atoms with Gasteiger partial charge in [0.05, 0.1) is 23.7 Å². The molecule has 1 amide bonds. The summed E-state index contributed by atoms with van der Waals surface area (Å²) >= 11 is 1.61. The van der Waals surface area contributed by atoms with Crippen molar-refractivity contribution in [3.05, 3.63) is 16.1 Å². The molecule has 1 aliphatic carbocycles. The first-order valence-electron chi connectivity index (χ1n) is 6.84. The van der Waals surface area contributed by atoms with Crippen molar-refractivity contribution < 1.29 is 4.79 Å². The number of rotatable bonds is 3. The van der Waals surface area contributed by atoms with Gasteiger partial charge < -0.3 is 10.6 Å². The van der Waals surface area contributed by atoms with Crippen LogP contribution in [0.25, 0.3) is 0 Å². The third-order valence-electron chi connectivity index (χ3n) is 4.15. The van der Waals surface area contributed by atoms with E-state index in [-0.39, 0.29) is 42.2 Å². The lowest BCUT2D eigenvalue weighted by Crippen LogP contribution is -2.52. The molecule has 0 bridgehead atoms. The van der Waals surface area contributed by atoms with Gasteiger partial charge in [-0.05, 0) is 26.7 Å². The Hall–Kier alpha value is -0.360. The van der Waals surface area contributed by atoms with Crippen LogP contribution in [0.2, 0.25) is 0 Å². The first-order valence-corrected chi connectivity index (χ1v) is 7.72. The molecule has 2 rings (SSSR count). The van der Waals surface area contributed by atoms with Gasteiger partial charge in [-0.1, -0.05) is 12.8 Å². The number of aryl methyl sites for hydroxylation is 1. The number of halogens is 2. The maximum absolute atomic E-state index is 12.6. The number of hydrogen-bond donors (Lipinski definition) is 1. The van der Waals surface area contributed by atoms with Crippen molar-refractivity contribution in [1.82, 2.24) is 9.88 Å². The molecule has 2 atom stereocenters. The maximum atomic E-state index is 12.6. The van der Waals surface area contributed by atoms with Gasteiger partial charge in [-0.2, -0.15) is 0 Å². The van der Waals surface area contributed by atoms with Crippen molar-refractivity contribution in [2.75, 3.05) is 7.05 Å². The minimum absolute atomic E-state index is 0. The fraction of sp³-hybridized carbons (Fsp3) is 0.714. The second-order valence-electron chi connectivity index (χ2n) is 5.86. The van der Waals surface area contributed by atoms with Gasteiger partial charge >= 0.3 is 0 Å². The Kier molecular flexibility index (Phi) is 8.18. The van der Waals surface area contributed by atoms with E-state index in [0.29, 0.717) is 6.54 Å². The molecule has 4 nitrogen and oxygen atoms in total. The lowest BCUT2D eigenvalue weighted by atomic mass is 9.74. The van der Waals surface area contributed by atoms with E-state index < -0.39 is 0 Å². The van der Waals surface area contributed by atoms with Crippen molar-refractivity contribution in [3.63, 3.8) is 0 Å². The second-order valence-corrected chi connectivity index (χ2v) is 6.80. The Morgan fingerprint density at radius 3 is 2.71 bits per heavy atom. The van der Waals surface area contributed by atoms with E-state index in [9.17, 15) is 4.79 Å². The molecule has 0 spiro atoms. The van der Waals surface area contributed by atoms with Crippen LogP contribution in [0.1, 0.15) is 43.2 Å². The van der Waals surface area contributed by atoms with E-state index in [1.54, 1.807) is 11.3 Å². The summed E-state index contributed by atoms with van der Waals surface area (Å²) in [4.78, 5) is 19.8. The summed E-state index contributed by atoms with van der Waals surface area (Å²) in [6.45, 7) is 4.64. The SMILES string of the molecule is Cc1ncsc1CN(C)C(=O)C1CCCCC1(C)N.Cl.Cl. The predicted octanol–water partition coefficient (Wildman–Crippen LogP) is 3.16. The zero-order chi connectivity index (χ0) is 14.0. The largest absolute Gasteiger partial charge is 0.340 e. The molecule has 21 heavy (non-hydrogen) atoms. The Morgan fingerprint density at radius 2 is 2.19 bits per heavy atom. The van der Waals surface area contributed by atoms with E-state index >= 15 is 0 Å². The highest BCUT2D eigenvalue weighted by Gasteiger charge is 2.39. The highest BCUT2D eigenvalue weighted by atomic mass is 35.5. The van der Waals surface area contributed by atoms with Crippen LogP contribution < -0.4 is 5.73 Å². The molecule has 0 radical (unpaired) electrons. The average molecular weight is 354 g/mol. The molecule has 0 saturated heterocycles. The van der Waals surface area contributed by atoms with Crippen LogP contribution in [0, 0.1) is 12.8 Å². The zero-order valence-corrected chi connectivity index (χ0v) is 15.2. The standard InChI is InChI=1S/C14H23N3OS.2ClH/c1-10-12(19-9-16-10)8-17(3)13(18)11-6-4-5-7-14(11,2)15;;/h9,11H,4-8,15H2,1-3H3;2*1H. The molecule has 1 aromatic heterocycles. The van der Waals surface area contributed by atoms with Crippen LogP contribution in [0.15, 0.2) is 5.51 Å². The molecule has 1 aromatic rings. The van der Waals surface area contributed by atoms with Crippen LogP contribution in [-0.2, 0) is 11.3 Å². The van der Waals surface area contributed by atoms with Gasteiger partial charge in [-0.15, -0.1) is 36.2 Å². The van der Waals surface area contributed by atoms with Gasteiger partial charge in [-0.25, -0.2) is 4.98 Å². The van der Waals surface area contributed by atoms with E-state index in [1.165, 1.54) is 0 Å². The minimum atomic E-state index is -0.355. The normalized spacial score (nSPS) is 24.7. The Bertz CT molecular complexity index is 465. The predicted molar refractivity (Wildman–Crippen MR) is 92.4 cm³/mol. The van der Waals surface area contributed by atoms with Crippen LogP contribution >= 0.6 is 36.2 Å². The average Bonchev–Trinajstić information content (AvgIpc) is 2.73. The number of carbonyl (C=O) groups is 1. The van der Waals surface area contributed by atoms with Crippen molar-refractivity contribution in [2.24, 2.45) is 11.7 Å². The van der Waals surface area contributed by atoms with E-state index in [4.69, 9.17) is 5.73 Å². The number of amides is 1. The third-order valence-corrected chi connectivity index (χ3v) is 5.07. The summed E-state index contributed by atoms with van der Waals surface area (Å²) in [5, 5.41) is 0. The van der Waals surface area contributed by atoms with Gasteiger partial charge in [0.2, 0.25) is 5.91 Å². The lowest BCUT2D eigenvalue weighted by Gasteiger charge is -2.39. The number of hydrogen-bond acceptors (Lipinski definition) is 4. The first kappa shape index (κ1) is 20.6. The van der Waals surface area contributed by atoms with Crippen molar-refractivity contribution >= 4 is 42.1 Å². The Balaban J connectivity index is 0.00000200. The highest BCUT2D eigenvalue weighted by Crippen LogP contribution is 2.33. The van der Waals surface area contributed by atoms with Gasteiger partial charge in [0.1, 0.15) is 0 Å². The fourth-order valence-electron chi connectivity index (χ4n) is 2.80. The molecule has 2 unspecified atom stereocenters. The van der Waals surface area contributed by atoms with Crippen LogP contribution in [0.5, 0.6) is 0 Å². The summed E-state index contributed by atoms with van der Waals surface area (Å²) < 4.78 is 0. The van der Waals surface area contributed by atoms with Crippen LogP contribution in [0.3, 0.4) is 0 Å². The lowest BCUT2D eigenvalue weighted by molar-refractivity contribution is -0.138. The number of carbonyl (C=O) groups excluding carboxylic acids is 1. The summed E-state index contributed by atoms with van der Waals surface area (Å²) in [5.74, 6) is 0.136. The van der Waals surface area contributed by atoms with E-state index in [0.717, 1.165) is 36.3 Å². The summed E-state index contributed by atoms with van der Waals surface area (Å²) in [6.07, 6.45) is 4.10. The third kappa shape index (κ3) is 4.81. The quantitative estimate of drug-likeness (QED) is 0.907. The molecular formula is C14H25Cl2N3OS. The minimum Gasteiger partial charge on any atom is -0.340 e. The van der Waals surface area contributed by atoms with Gasteiger partial charge in [0.15, 0.2) is 0 Å². The summed E-state index contributed by atoms with van der Waals surface area (Å²) in [6, 6.07) is 0. The molecule has 1 fully saturated rings. The van der Waals surface area contributed by atoms with Crippen LogP contribution in [0.4, 0.5) is 0 Å². The van der Waals surface area contributed by atoms with Gasteiger partial charge in [0.25, 0.3) is 0 Å². The Morgan fingerprint density at radius 1 is 1.52 bits per heavy atom. The van der Waals surface area contributed by atoms with Crippen molar-refractivity contribution in [2.45, 2.75) is 51.6 Å². The van der Waals surface area contributed by atoms with Crippen molar-refractivity contribution in [1.29, 1.82) is 0 Å². The molecule has 0 aromatic carbocycles. The zero-order valence-electron chi connectivity index (χ0n) is 12.8. The number of nitrogens with two attached hydrogens (primary N) is 1. The molecule has 1 saturated carbocycles. The number of thiazole rings is 1. The molecule has 0 aliphatic heterocycles. The Labute approximate surface area is 143 Å². The number of nitrogens with zero attached hydrogens (tertiary/aromatic N) is 2. The fourth-order valence-corrected chi connectivity index (χ4v) is 3.63. The molecular weight excluding hydrogens is 329 g/mol. The number of aromatic nitrogens is 1. The molecule has 2 N–H and O–H groups in total. The van der Waals surface area contributed by atoms with Gasteiger partial charge in [0, 0.05) is 17.5 Å². The van der Waals surface area contributed by atoms with Crippen LogP contribution in [-0.4, -0.2) is 28.4 Å². The van der Waals surface area contributed by atoms with Crippen molar-refractivity contribution in [3.8, 4) is 0 Å². The molecule has 122 valence electrons. The summed E-state index contributed by atoms with van der Waals surface area (Å²) in [7, 11) is 1.87. The smallest absolute Gasteiger partial charge is 0.227 e. The maximum Gasteiger partial charge on any atom is 0.227 e. The van der Waals surface area contributed by atoms with E-state index in [1.807, 2.05) is 31.3 Å². The second kappa shape index (κ2) is 8.32. The molecule has 1 heterocycles. The molecule has 1 aliphatic rings. The van der Waals surface area contributed by atoms with Gasteiger partial charge in [-0.3, -0.25) is 4.79 Å². The molecule has 7 heteroatoms. The topological polar surface area (TPSA) is 59.2 Å². The monoisotopic (exact) mass is 353 g/mol.